The van der Waals surface area contributed by atoms with Gasteiger partial charge in [-0.05, 0) is 30.3 Å². The molecule has 1 aliphatic heterocycles. The molecule has 0 aromatic heterocycles. The fraction of sp³-hybridized carbons (Fsp3) is 0.235. The molecule has 1 N–H and O–H groups in total. The summed E-state index contributed by atoms with van der Waals surface area (Å²) in [6, 6.07) is 14.2. The predicted octanol–water partition coefficient (Wildman–Crippen LogP) is 3.80. The highest BCUT2D eigenvalue weighted by molar-refractivity contribution is 6.31. The van der Waals surface area contributed by atoms with Crippen LogP contribution in [0.4, 0.5) is 5.69 Å². The number of nitrogens with zero attached hydrogens (tertiary/aromatic N) is 1. The number of carbonyl (C=O) groups excluding carboxylic acids is 1. The van der Waals surface area contributed by atoms with E-state index in [0.29, 0.717) is 21.8 Å². The van der Waals surface area contributed by atoms with Gasteiger partial charge in [-0.3, -0.25) is 9.69 Å². The van der Waals surface area contributed by atoms with E-state index >= 15 is 0 Å². The van der Waals surface area contributed by atoms with E-state index in [9.17, 15) is 9.90 Å². The van der Waals surface area contributed by atoms with Gasteiger partial charge in [-0.2, -0.15) is 0 Å². The number of aliphatic hydroxyl groups is 1. The minimum absolute atomic E-state index is 0.179. The third-order valence-electron chi connectivity index (χ3n) is 3.97. The van der Waals surface area contributed by atoms with Crippen LogP contribution in [0.25, 0.3) is 0 Å². The summed E-state index contributed by atoms with van der Waals surface area (Å²) in [5.74, 6) is -0.384. The molecule has 4 heteroatoms. The topological polar surface area (TPSA) is 40.5 Å². The van der Waals surface area contributed by atoms with Gasteiger partial charge in [0.15, 0.2) is 5.72 Å². The van der Waals surface area contributed by atoms with Crippen molar-refractivity contribution in [1.29, 1.82) is 0 Å². The molecule has 1 unspecified atom stereocenters. The van der Waals surface area contributed by atoms with Crippen LogP contribution in [-0.4, -0.2) is 11.0 Å². The largest absolute Gasteiger partial charge is 0.366 e. The molecule has 0 spiro atoms. The predicted molar refractivity (Wildman–Crippen MR) is 83.4 cm³/mol. The molecule has 1 heterocycles. The van der Waals surface area contributed by atoms with E-state index in [-0.39, 0.29) is 11.8 Å². The Morgan fingerprint density at radius 2 is 1.81 bits per heavy atom. The molecular weight excluding hydrogens is 286 g/mol. The van der Waals surface area contributed by atoms with Gasteiger partial charge in [0.05, 0.1) is 0 Å². The number of fused-ring (bicyclic) bond motifs is 1. The molecule has 0 radical (unpaired) electrons. The van der Waals surface area contributed by atoms with Crippen molar-refractivity contribution < 1.29 is 9.90 Å². The fourth-order valence-corrected chi connectivity index (χ4v) is 3.04. The molecule has 1 aliphatic rings. The lowest BCUT2D eigenvalue weighted by Gasteiger charge is -2.37. The average molecular weight is 302 g/mol. The third-order valence-corrected chi connectivity index (χ3v) is 4.21. The molecule has 2 aromatic rings. The molecule has 108 valence electrons. The first-order valence-corrected chi connectivity index (χ1v) is 7.26. The van der Waals surface area contributed by atoms with E-state index in [0.717, 1.165) is 0 Å². The van der Waals surface area contributed by atoms with Gasteiger partial charge >= 0.3 is 0 Å². The van der Waals surface area contributed by atoms with Crippen LogP contribution >= 0.6 is 11.6 Å². The van der Waals surface area contributed by atoms with Crippen molar-refractivity contribution in [3.8, 4) is 0 Å². The highest BCUT2D eigenvalue weighted by Crippen LogP contribution is 2.45. The first-order valence-electron chi connectivity index (χ1n) is 6.88. The second kappa shape index (κ2) is 4.86. The van der Waals surface area contributed by atoms with Gasteiger partial charge in [0.25, 0.3) is 5.91 Å². The van der Waals surface area contributed by atoms with Gasteiger partial charge in [-0.25, -0.2) is 0 Å². The van der Waals surface area contributed by atoms with Crippen molar-refractivity contribution in [3.05, 3.63) is 64.7 Å². The summed E-state index contributed by atoms with van der Waals surface area (Å²) in [6.07, 6.45) is 0. The normalized spacial score (nSPS) is 21.0. The molecule has 1 amide bonds. The Bertz CT molecular complexity index is 699. The Labute approximate surface area is 128 Å². The number of carbonyl (C=O) groups is 1. The van der Waals surface area contributed by atoms with Crippen LogP contribution in [0.2, 0.25) is 5.02 Å². The molecule has 3 rings (SSSR count). The summed E-state index contributed by atoms with van der Waals surface area (Å²) in [7, 11) is 0. The number of hydrogen-bond donors (Lipinski definition) is 1. The number of hydrogen-bond acceptors (Lipinski definition) is 2. The molecule has 0 saturated carbocycles. The first kappa shape index (κ1) is 14.1. The second-order valence-electron chi connectivity index (χ2n) is 5.55. The molecule has 3 nitrogen and oxygen atoms in total. The summed E-state index contributed by atoms with van der Waals surface area (Å²) in [4.78, 5) is 14.2. The SMILES string of the molecule is CC(C)C1(O)c2cc(Cl)ccc2C(=O)N1c1ccccc1. The van der Waals surface area contributed by atoms with Crippen LogP contribution in [-0.2, 0) is 5.72 Å². The first-order chi connectivity index (χ1) is 9.96. The lowest BCUT2D eigenvalue weighted by atomic mass is 9.91. The van der Waals surface area contributed by atoms with E-state index < -0.39 is 5.72 Å². The number of benzene rings is 2. The quantitative estimate of drug-likeness (QED) is 0.916. The Kier molecular flexibility index (Phi) is 3.27. The zero-order chi connectivity index (χ0) is 15.2. The van der Waals surface area contributed by atoms with Gasteiger partial charge in [0, 0.05) is 27.8 Å². The van der Waals surface area contributed by atoms with Crippen LogP contribution in [0.1, 0.15) is 29.8 Å². The lowest BCUT2D eigenvalue weighted by Crippen LogP contribution is -2.47. The zero-order valence-electron chi connectivity index (χ0n) is 11.9. The van der Waals surface area contributed by atoms with Crippen LogP contribution in [0.15, 0.2) is 48.5 Å². The molecule has 0 bridgehead atoms. The summed E-state index contributed by atoms with van der Waals surface area (Å²) < 4.78 is 0. The maximum atomic E-state index is 12.8. The van der Waals surface area contributed by atoms with Crippen LogP contribution in [0, 0.1) is 5.92 Å². The number of rotatable bonds is 2. The standard InChI is InChI=1S/C17H16ClNO2/c1-11(2)17(21)15-10-12(18)8-9-14(15)16(20)19(17)13-6-4-3-5-7-13/h3-11,21H,1-2H3. The molecule has 0 fully saturated rings. The van der Waals surface area contributed by atoms with Crippen LogP contribution in [0.5, 0.6) is 0 Å². The average Bonchev–Trinajstić information content (AvgIpc) is 2.69. The molecule has 0 aliphatic carbocycles. The molecule has 1 atom stereocenters. The Hall–Kier alpha value is -1.84. The van der Waals surface area contributed by atoms with Crippen LogP contribution in [0.3, 0.4) is 0 Å². The van der Waals surface area contributed by atoms with E-state index in [1.54, 1.807) is 18.2 Å². The minimum atomic E-state index is -1.39. The summed E-state index contributed by atoms with van der Waals surface area (Å²) in [6.45, 7) is 3.78. The van der Waals surface area contributed by atoms with E-state index in [1.165, 1.54) is 4.90 Å². The van der Waals surface area contributed by atoms with Crippen molar-refractivity contribution in [3.63, 3.8) is 0 Å². The van der Waals surface area contributed by atoms with Crippen molar-refractivity contribution in [1.82, 2.24) is 0 Å². The van der Waals surface area contributed by atoms with Crippen molar-refractivity contribution in [2.45, 2.75) is 19.6 Å². The minimum Gasteiger partial charge on any atom is -0.366 e. The maximum Gasteiger partial charge on any atom is 0.261 e. The van der Waals surface area contributed by atoms with E-state index in [2.05, 4.69) is 0 Å². The summed E-state index contributed by atoms with van der Waals surface area (Å²) in [5, 5.41) is 11.8. The fourth-order valence-electron chi connectivity index (χ4n) is 2.86. The summed E-state index contributed by atoms with van der Waals surface area (Å²) in [5.41, 5.74) is 0.350. The molecular formula is C17H16ClNO2. The Morgan fingerprint density at radius 1 is 1.14 bits per heavy atom. The maximum absolute atomic E-state index is 12.8. The number of para-hydroxylation sites is 1. The van der Waals surface area contributed by atoms with E-state index in [4.69, 9.17) is 11.6 Å². The van der Waals surface area contributed by atoms with Gasteiger partial charge in [-0.15, -0.1) is 0 Å². The van der Waals surface area contributed by atoms with Gasteiger partial charge in [-0.1, -0.05) is 43.6 Å². The highest BCUT2D eigenvalue weighted by Gasteiger charge is 2.51. The number of amides is 1. The second-order valence-corrected chi connectivity index (χ2v) is 5.98. The molecule has 2 aromatic carbocycles. The van der Waals surface area contributed by atoms with Gasteiger partial charge < -0.3 is 5.11 Å². The monoisotopic (exact) mass is 301 g/mol. The molecule has 0 saturated heterocycles. The van der Waals surface area contributed by atoms with E-state index in [1.807, 2.05) is 44.2 Å². The van der Waals surface area contributed by atoms with Crippen molar-refractivity contribution >= 4 is 23.2 Å². The smallest absolute Gasteiger partial charge is 0.261 e. The van der Waals surface area contributed by atoms with Crippen molar-refractivity contribution in [2.75, 3.05) is 4.90 Å². The number of anilines is 1. The van der Waals surface area contributed by atoms with Gasteiger partial charge in [0.2, 0.25) is 0 Å². The zero-order valence-corrected chi connectivity index (χ0v) is 12.6. The number of halogens is 1. The third kappa shape index (κ3) is 1.96. The van der Waals surface area contributed by atoms with Gasteiger partial charge in [0.1, 0.15) is 0 Å². The van der Waals surface area contributed by atoms with Crippen LogP contribution < -0.4 is 4.90 Å². The summed E-state index contributed by atoms with van der Waals surface area (Å²) >= 11 is 6.06. The lowest BCUT2D eigenvalue weighted by molar-refractivity contribution is -0.00284. The van der Waals surface area contributed by atoms with Crippen molar-refractivity contribution in [2.24, 2.45) is 5.92 Å². The highest BCUT2D eigenvalue weighted by atomic mass is 35.5. The Balaban J connectivity index is 2.25. The Morgan fingerprint density at radius 3 is 2.43 bits per heavy atom. The molecule has 21 heavy (non-hydrogen) atoms.